The predicted molar refractivity (Wildman–Crippen MR) is 85.7 cm³/mol. The Morgan fingerprint density at radius 3 is 2.65 bits per heavy atom. The Morgan fingerprint density at radius 1 is 1.25 bits per heavy atom. The first kappa shape index (κ1) is 15.3. The third-order valence-corrected chi connectivity index (χ3v) is 4.04. The fraction of sp³-hybridized carbons (Fsp3) is 0.200. The Labute approximate surface area is 125 Å². The van der Waals surface area contributed by atoms with Crippen molar-refractivity contribution in [1.82, 2.24) is 5.32 Å². The molecule has 0 bridgehead atoms. The van der Waals surface area contributed by atoms with E-state index in [2.05, 4.69) is 14.6 Å². The van der Waals surface area contributed by atoms with E-state index in [1.54, 1.807) is 13.2 Å². The number of ether oxygens (including phenoxy) is 1. The second-order valence-corrected chi connectivity index (χ2v) is 5.65. The van der Waals surface area contributed by atoms with Crippen molar-refractivity contribution in [1.29, 1.82) is 0 Å². The molecule has 20 heavy (non-hydrogen) atoms. The highest BCUT2D eigenvalue weighted by molar-refractivity contribution is 7.94. The van der Waals surface area contributed by atoms with Crippen LogP contribution in [0.4, 0.5) is 3.89 Å². The fourth-order valence-corrected chi connectivity index (χ4v) is 2.53. The van der Waals surface area contributed by atoms with Crippen LogP contribution in [-0.4, -0.2) is 7.11 Å². The van der Waals surface area contributed by atoms with Gasteiger partial charge in [-0.05, 0) is 35.4 Å². The van der Waals surface area contributed by atoms with Crippen LogP contribution >= 0.6 is 21.4 Å². The van der Waals surface area contributed by atoms with E-state index in [9.17, 15) is 3.89 Å². The highest BCUT2D eigenvalue weighted by atomic mass is 32.2. The summed E-state index contributed by atoms with van der Waals surface area (Å²) in [4.78, 5) is 0.633. The Bertz CT molecular complexity index is 550. The molecule has 2 nitrogen and oxygen atoms in total. The van der Waals surface area contributed by atoms with Gasteiger partial charge in [0.2, 0.25) is 0 Å². The molecular weight excluding hydrogens is 292 g/mol. The zero-order chi connectivity index (χ0) is 14.4. The number of nitrogens with one attached hydrogen (secondary N) is 1. The minimum Gasteiger partial charge on any atom is -0.497 e. The van der Waals surface area contributed by atoms with Crippen LogP contribution in [0.1, 0.15) is 16.9 Å². The molecule has 0 spiro atoms. The van der Waals surface area contributed by atoms with Crippen molar-refractivity contribution in [3.05, 3.63) is 59.7 Å². The molecule has 0 fully saturated rings. The van der Waals surface area contributed by atoms with Gasteiger partial charge in [0.15, 0.2) is 0 Å². The van der Waals surface area contributed by atoms with E-state index in [1.165, 1.54) is 0 Å². The van der Waals surface area contributed by atoms with Crippen molar-refractivity contribution in [3.8, 4) is 5.75 Å². The second kappa shape index (κ2) is 7.63. The molecule has 0 amide bonds. The molecule has 0 radical (unpaired) electrons. The Balaban J connectivity index is 1.95. The van der Waals surface area contributed by atoms with Gasteiger partial charge in [-0.3, -0.25) is 0 Å². The van der Waals surface area contributed by atoms with Crippen LogP contribution < -0.4 is 10.1 Å². The summed E-state index contributed by atoms with van der Waals surface area (Å²) < 4.78 is 17.7. The molecule has 0 heterocycles. The van der Waals surface area contributed by atoms with Crippen molar-refractivity contribution in [2.45, 2.75) is 17.2 Å². The fourth-order valence-electron chi connectivity index (χ4n) is 1.86. The average molecular weight is 309 g/mol. The Hall–Kier alpha value is -1.09. The maximum absolute atomic E-state index is 12.5. The Morgan fingerprint density at radius 2 is 2.00 bits per heavy atom. The van der Waals surface area contributed by atoms with Crippen molar-refractivity contribution in [2.24, 2.45) is 0 Å². The standard InChI is InChI=1S/C15H17FNOPS/c1-18-13-7-5-12(6-8-13)15(19)17-10-11-3-2-4-14(9-11)20-16/h2-9,15,17H,10,19H2,1H3. The summed E-state index contributed by atoms with van der Waals surface area (Å²) in [6.07, 6.45) is 0. The van der Waals surface area contributed by atoms with Crippen molar-refractivity contribution in [3.63, 3.8) is 0 Å². The SMILES string of the molecule is COc1ccc(C(P)NCc2cccc(SF)c2)cc1. The van der Waals surface area contributed by atoms with E-state index in [-0.39, 0.29) is 17.9 Å². The first-order chi connectivity index (χ1) is 9.72. The normalized spacial score (nSPS) is 12.2. The van der Waals surface area contributed by atoms with E-state index in [4.69, 9.17) is 4.74 Å². The highest BCUT2D eigenvalue weighted by Gasteiger charge is 2.05. The molecule has 1 N–H and O–H groups in total. The van der Waals surface area contributed by atoms with Crippen LogP contribution in [0.2, 0.25) is 0 Å². The molecule has 2 rings (SSSR count). The summed E-state index contributed by atoms with van der Waals surface area (Å²) in [5.74, 6) is 0.987. The van der Waals surface area contributed by atoms with Crippen molar-refractivity contribution >= 4 is 21.4 Å². The van der Waals surface area contributed by atoms with Gasteiger partial charge in [-0.2, -0.15) is 3.89 Å². The molecule has 2 aromatic carbocycles. The second-order valence-electron chi connectivity index (χ2n) is 4.36. The molecule has 2 atom stereocenters. The number of methoxy groups -OCH3 is 1. The van der Waals surface area contributed by atoms with Gasteiger partial charge >= 0.3 is 0 Å². The van der Waals surface area contributed by atoms with E-state index < -0.39 is 0 Å². The monoisotopic (exact) mass is 309 g/mol. The van der Waals surface area contributed by atoms with Crippen LogP contribution in [0.3, 0.4) is 0 Å². The van der Waals surface area contributed by atoms with Gasteiger partial charge in [-0.15, -0.1) is 9.24 Å². The van der Waals surface area contributed by atoms with Crippen molar-refractivity contribution < 1.29 is 8.62 Å². The van der Waals surface area contributed by atoms with E-state index >= 15 is 0 Å². The van der Waals surface area contributed by atoms with Crippen LogP contribution in [0.25, 0.3) is 0 Å². The largest absolute Gasteiger partial charge is 0.497 e. The molecule has 0 saturated carbocycles. The van der Waals surface area contributed by atoms with E-state index in [1.807, 2.05) is 42.5 Å². The molecule has 0 aliphatic carbocycles. The minimum absolute atomic E-state index is 0.141. The van der Waals surface area contributed by atoms with Gasteiger partial charge < -0.3 is 10.1 Å². The lowest BCUT2D eigenvalue weighted by Crippen LogP contribution is -2.15. The highest BCUT2D eigenvalue weighted by Crippen LogP contribution is 2.24. The van der Waals surface area contributed by atoms with Crippen LogP contribution in [0.15, 0.2) is 53.4 Å². The molecule has 0 saturated heterocycles. The zero-order valence-corrected chi connectivity index (χ0v) is 13.1. The topological polar surface area (TPSA) is 21.3 Å². The summed E-state index contributed by atoms with van der Waals surface area (Å²) in [5, 5.41) is 3.39. The molecule has 5 heteroatoms. The smallest absolute Gasteiger partial charge is 0.118 e. The number of hydrogen-bond donors (Lipinski definition) is 1. The van der Waals surface area contributed by atoms with Crippen LogP contribution in [0.5, 0.6) is 5.75 Å². The third-order valence-electron chi connectivity index (χ3n) is 2.99. The number of benzene rings is 2. The summed E-state index contributed by atoms with van der Waals surface area (Å²) in [6.45, 7) is 0.689. The molecule has 0 aromatic heterocycles. The van der Waals surface area contributed by atoms with Gasteiger partial charge in [-0.1, -0.05) is 24.3 Å². The first-order valence-corrected chi connectivity index (χ1v) is 7.61. The Kier molecular flexibility index (Phi) is 5.84. The summed E-state index contributed by atoms with van der Waals surface area (Å²) in [7, 11) is 4.42. The number of rotatable bonds is 6. The van der Waals surface area contributed by atoms with Gasteiger partial charge in [0.05, 0.1) is 19.3 Å². The van der Waals surface area contributed by atoms with E-state index in [0.29, 0.717) is 11.4 Å². The predicted octanol–water partition coefficient (Wildman–Crippen LogP) is 4.34. The summed E-state index contributed by atoms with van der Waals surface area (Å²) >= 11 is 0.271. The lowest BCUT2D eigenvalue weighted by atomic mass is 10.2. The van der Waals surface area contributed by atoms with E-state index in [0.717, 1.165) is 16.9 Å². The number of hydrogen-bond acceptors (Lipinski definition) is 3. The third kappa shape index (κ3) is 4.20. The minimum atomic E-state index is 0.141. The molecule has 2 unspecified atom stereocenters. The molecule has 2 aromatic rings. The van der Waals surface area contributed by atoms with Crippen LogP contribution in [-0.2, 0) is 6.54 Å². The van der Waals surface area contributed by atoms with Crippen molar-refractivity contribution in [2.75, 3.05) is 7.11 Å². The molecular formula is C15H17FNOPS. The van der Waals surface area contributed by atoms with Gasteiger partial charge in [0.25, 0.3) is 0 Å². The first-order valence-electron chi connectivity index (χ1n) is 6.23. The summed E-state index contributed by atoms with van der Waals surface area (Å²) in [6, 6.07) is 15.4. The van der Waals surface area contributed by atoms with Crippen LogP contribution in [0, 0.1) is 0 Å². The lowest BCUT2D eigenvalue weighted by Gasteiger charge is -2.15. The van der Waals surface area contributed by atoms with Gasteiger partial charge in [0.1, 0.15) is 5.75 Å². The average Bonchev–Trinajstić information content (AvgIpc) is 2.53. The maximum atomic E-state index is 12.5. The zero-order valence-electron chi connectivity index (χ0n) is 11.2. The molecule has 106 valence electrons. The van der Waals surface area contributed by atoms with Gasteiger partial charge in [0, 0.05) is 17.2 Å². The quantitative estimate of drug-likeness (QED) is 0.802. The summed E-state index contributed by atoms with van der Waals surface area (Å²) in [5.41, 5.74) is 2.22. The van der Waals surface area contributed by atoms with Gasteiger partial charge in [-0.25, -0.2) is 0 Å². The molecule has 0 aliphatic heterocycles. The lowest BCUT2D eigenvalue weighted by molar-refractivity contribution is 0.414. The maximum Gasteiger partial charge on any atom is 0.118 e. The molecule has 0 aliphatic rings. The number of halogens is 1.